The SMILES string of the molecule is O=S(=O)(c1ccc(F)cc1F)N1CCN(CCCOc2ccccc2)CC1. The first kappa shape index (κ1) is 19.7. The highest BCUT2D eigenvalue weighted by atomic mass is 32.2. The molecule has 0 amide bonds. The fourth-order valence-electron chi connectivity index (χ4n) is 3.01. The maximum Gasteiger partial charge on any atom is 0.246 e. The minimum atomic E-state index is -3.95. The summed E-state index contributed by atoms with van der Waals surface area (Å²) in [5.41, 5.74) is 0. The van der Waals surface area contributed by atoms with Crippen molar-refractivity contribution in [1.29, 1.82) is 0 Å². The quantitative estimate of drug-likeness (QED) is 0.676. The summed E-state index contributed by atoms with van der Waals surface area (Å²) >= 11 is 0. The van der Waals surface area contributed by atoms with E-state index in [4.69, 9.17) is 4.74 Å². The molecule has 0 N–H and O–H groups in total. The van der Waals surface area contributed by atoms with E-state index in [0.717, 1.165) is 30.8 Å². The first-order valence-corrected chi connectivity index (χ1v) is 10.3. The van der Waals surface area contributed by atoms with E-state index in [1.165, 1.54) is 4.31 Å². The Morgan fingerprint density at radius 3 is 2.33 bits per heavy atom. The van der Waals surface area contributed by atoms with Crippen molar-refractivity contribution in [3.63, 3.8) is 0 Å². The number of para-hydroxylation sites is 1. The van der Waals surface area contributed by atoms with E-state index < -0.39 is 26.6 Å². The molecule has 1 heterocycles. The molecule has 0 unspecified atom stereocenters. The van der Waals surface area contributed by atoms with Gasteiger partial charge in [0.1, 0.15) is 22.3 Å². The number of halogens is 2. The minimum Gasteiger partial charge on any atom is -0.494 e. The van der Waals surface area contributed by atoms with Gasteiger partial charge >= 0.3 is 0 Å². The lowest BCUT2D eigenvalue weighted by Crippen LogP contribution is -2.49. The van der Waals surface area contributed by atoms with Gasteiger partial charge in [-0.2, -0.15) is 4.31 Å². The number of nitrogens with zero attached hydrogens (tertiary/aromatic N) is 2. The molecule has 0 atom stereocenters. The summed E-state index contributed by atoms with van der Waals surface area (Å²) < 4.78 is 58.9. The lowest BCUT2D eigenvalue weighted by molar-refractivity contribution is 0.174. The molecule has 0 radical (unpaired) electrons. The van der Waals surface area contributed by atoms with Crippen LogP contribution in [0.15, 0.2) is 53.4 Å². The van der Waals surface area contributed by atoms with Crippen LogP contribution in [0.3, 0.4) is 0 Å². The molecule has 2 aromatic carbocycles. The van der Waals surface area contributed by atoms with Gasteiger partial charge in [-0.25, -0.2) is 17.2 Å². The van der Waals surface area contributed by atoms with Crippen molar-refractivity contribution in [2.75, 3.05) is 39.3 Å². The summed E-state index contributed by atoms with van der Waals surface area (Å²) in [5.74, 6) is -1.03. The third kappa shape index (κ3) is 5.03. The first-order chi connectivity index (χ1) is 13.0. The van der Waals surface area contributed by atoms with Gasteiger partial charge in [-0.1, -0.05) is 18.2 Å². The zero-order valence-electron chi connectivity index (χ0n) is 14.9. The van der Waals surface area contributed by atoms with Crippen LogP contribution >= 0.6 is 0 Å². The number of benzene rings is 2. The summed E-state index contributed by atoms with van der Waals surface area (Å²) in [7, 11) is -3.95. The van der Waals surface area contributed by atoms with Gasteiger partial charge in [-0.05, 0) is 30.7 Å². The molecule has 0 saturated carbocycles. The van der Waals surface area contributed by atoms with Gasteiger partial charge in [-0.15, -0.1) is 0 Å². The molecule has 1 fully saturated rings. The second-order valence-corrected chi connectivity index (χ2v) is 8.24. The van der Waals surface area contributed by atoms with E-state index in [9.17, 15) is 17.2 Å². The van der Waals surface area contributed by atoms with Crippen molar-refractivity contribution in [3.8, 4) is 5.75 Å². The molecular weight excluding hydrogens is 374 g/mol. The Morgan fingerprint density at radius 2 is 1.67 bits per heavy atom. The molecule has 5 nitrogen and oxygen atoms in total. The standard InChI is InChI=1S/C19H22F2N2O3S/c20-16-7-8-19(18(21)15-16)27(24,25)23-12-10-22(11-13-23)9-4-14-26-17-5-2-1-3-6-17/h1-3,5-8,15H,4,9-14H2. The third-order valence-electron chi connectivity index (χ3n) is 4.47. The summed E-state index contributed by atoms with van der Waals surface area (Å²) in [5, 5.41) is 0. The van der Waals surface area contributed by atoms with E-state index in [1.54, 1.807) is 0 Å². The van der Waals surface area contributed by atoms with Crippen LogP contribution in [0.2, 0.25) is 0 Å². The average Bonchev–Trinajstić information content (AvgIpc) is 2.66. The van der Waals surface area contributed by atoms with Gasteiger partial charge in [0.2, 0.25) is 10.0 Å². The van der Waals surface area contributed by atoms with Crippen LogP contribution in [0.1, 0.15) is 6.42 Å². The maximum atomic E-state index is 13.9. The molecule has 0 aromatic heterocycles. The highest BCUT2D eigenvalue weighted by Gasteiger charge is 2.30. The monoisotopic (exact) mass is 396 g/mol. The highest BCUT2D eigenvalue weighted by molar-refractivity contribution is 7.89. The third-order valence-corrected chi connectivity index (χ3v) is 6.41. The molecule has 3 rings (SSSR count). The number of hydrogen-bond acceptors (Lipinski definition) is 4. The molecule has 1 aliphatic heterocycles. The van der Waals surface area contributed by atoms with E-state index in [2.05, 4.69) is 4.90 Å². The molecular formula is C19H22F2N2O3S. The Morgan fingerprint density at radius 1 is 0.963 bits per heavy atom. The molecule has 1 saturated heterocycles. The topological polar surface area (TPSA) is 49.9 Å². The van der Waals surface area contributed by atoms with Crippen LogP contribution in [0.4, 0.5) is 8.78 Å². The van der Waals surface area contributed by atoms with Crippen LogP contribution in [0, 0.1) is 11.6 Å². The molecule has 0 bridgehead atoms. The molecule has 1 aliphatic rings. The molecule has 0 spiro atoms. The maximum absolute atomic E-state index is 13.9. The second-order valence-electron chi connectivity index (χ2n) is 6.34. The van der Waals surface area contributed by atoms with Crippen LogP contribution < -0.4 is 4.74 Å². The van der Waals surface area contributed by atoms with Crippen LogP contribution in [-0.4, -0.2) is 57.0 Å². The van der Waals surface area contributed by atoms with Crippen molar-refractivity contribution < 1.29 is 21.9 Å². The van der Waals surface area contributed by atoms with Gasteiger partial charge in [0.25, 0.3) is 0 Å². The molecule has 8 heteroatoms. The summed E-state index contributed by atoms with van der Waals surface area (Å²) in [4.78, 5) is 1.68. The number of piperazine rings is 1. The van der Waals surface area contributed by atoms with Crippen molar-refractivity contribution in [3.05, 3.63) is 60.2 Å². The van der Waals surface area contributed by atoms with Crippen LogP contribution in [0.5, 0.6) is 5.75 Å². The number of ether oxygens (including phenoxy) is 1. The van der Waals surface area contributed by atoms with Crippen LogP contribution in [0.25, 0.3) is 0 Å². The Bertz CT molecular complexity index is 855. The van der Waals surface area contributed by atoms with Gasteiger partial charge in [0.05, 0.1) is 6.61 Å². The Balaban J connectivity index is 1.47. The predicted octanol–water partition coefficient (Wildman–Crippen LogP) is 2.74. The lowest BCUT2D eigenvalue weighted by Gasteiger charge is -2.34. The van der Waals surface area contributed by atoms with Crippen molar-refractivity contribution in [1.82, 2.24) is 9.21 Å². The molecule has 0 aliphatic carbocycles. The average molecular weight is 396 g/mol. The molecule has 2 aromatic rings. The van der Waals surface area contributed by atoms with Gasteiger partial charge < -0.3 is 9.64 Å². The van der Waals surface area contributed by atoms with Gasteiger partial charge in [0, 0.05) is 38.8 Å². The van der Waals surface area contributed by atoms with E-state index in [0.29, 0.717) is 25.8 Å². The summed E-state index contributed by atoms with van der Waals surface area (Å²) in [6.07, 6.45) is 0.828. The smallest absolute Gasteiger partial charge is 0.246 e. The predicted molar refractivity (Wildman–Crippen MR) is 98.1 cm³/mol. The molecule has 146 valence electrons. The fraction of sp³-hybridized carbons (Fsp3) is 0.368. The lowest BCUT2D eigenvalue weighted by atomic mass is 10.3. The largest absolute Gasteiger partial charge is 0.494 e. The Hall–Kier alpha value is -2.03. The van der Waals surface area contributed by atoms with Gasteiger partial charge in [0.15, 0.2) is 0 Å². The summed E-state index contributed by atoms with van der Waals surface area (Å²) in [6.45, 7) is 3.06. The van der Waals surface area contributed by atoms with E-state index >= 15 is 0 Å². The van der Waals surface area contributed by atoms with Crippen molar-refractivity contribution in [2.24, 2.45) is 0 Å². The normalized spacial score (nSPS) is 16.4. The van der Waals surface area contributed by atoms with Crippen molar-refractivity contribution >= 4 is 10.0 Å². The van der Waals surface area contributed by atoms with E-state index in [1.807, 2.05) is 30.3 Å². The van der Waals surface area contributed by atoms with Crippen LogP contribution in [-0.2, 0) is 10.0 Å². The summed E-state index contributed by atoms with van der Waals surface area (Å²) in [6, 6.07) is 12.1. The van der Waals surface area contributed by atoms with E-state index in [-0.39, 0.29) is 13.1 Å². The highest BCUT2D eigenvalue weighted by Crippen LogP contribution is 2.21. The minimum absolute atomic E-state index is 0.276. The number of rotatable bonds is 7. The molecule has 27 heavy (non-hydrogen) atoms. The van der Waals surface area contributed by atoms with Crippen molar-refractivity contribution in [2.45, 2.75) is 11.3 Å². The zero-order valence-corrected chi connectivity index (χ0v) is 15.7. The zero-order chi connectivity index (χ0) is 19.3. The second kappa shape index (κ2) is 8.77. The number of sulfonamides is 1. The number of hydrogen-bond donors (Lipinski definition) is 0. The Labute approximate surface area is 158 Å². The van der Waals surface area contributed by atoms with Gasteiger partial charge in [-0.3, -0.25) is 0 Å². The fourth-order valence-corrected chi connectivity index (χ4v) is 4.48. The Kier molecular flexibility index (Phi) is 6.41. The first-order valence-electron chi connectivity index (χ1n) is 8.82.